The van der Waals surface area contributed by atoms with Crippen LogP contribution in [-0.4, -0.2) is 26.2 Å². The molecule has 0 aliphatic rings. The molecule has 2 aromatic heterocycles. The maximum atomic E-state index is 10.2. The van der Waals surface area contributed by atoms with Crippen LogP contribution in [0.3, 0.4) is 0 Å². The number of aromatic hydroxyl groups is 1. The third-order valence-corrected chi connectivity index (χ3v) is 3.91. The quantitative estimate of drug-likeness (QED) is 0.439. The molecule has 0 saturated carbocycles. The predicted molar refractivity (Wildman–Crippen MR) is 93.7 cm³/mol. The Morgan fingerprint density at radius 2 is 2.04 bits per heavy atom. The SMILES string of the molecule is Oc1ccc2ccccc2c1/C=N\n1c(-c2ccco2)n[nH]c1=S. The van der Waals surface area contributed by atoms with Gasteiger partial charge in [-0.3, -0.25) is 0 Å². The van der Waals surface area contributed by atoms with Crippen molar-refractivity contribution in [3.8, 4) is 17.3 Å². The average molecular weight is 336 g/mol. The van der Waals surface area contributed by atoms with E-state index in [0.717, 1.165) is 10.8 Å². The molecule has 0 aliphatic carbocycles. The number of benzene rings is 2. The van der Waals surface area contributed by atoms with Crippen molar-refractivity contribution in [2.24, 2.45) is 5.10 Å². The molecule has 4 aromatic rings. The molecule has 2 aromatic carbocycles. The monoisotopic (exact) mass is 336 g/mol. The van der Waals surface area contributed by atoms with Crippen LogP contribution in [-0.2, 0) is 0 Å². The van der Waals surface area contributed by atoms with Crippen molar-refractivity contribution in [1.82, 2.24) is 14.9 Å². The molecule has 4 rings (SSSR count). The summed E-state index contributed by atoms with van der Waals surface area (Å²) < 4.78 is 7.13. The largest absolute Gasteiger partial charge is 0.507 e. The number of aromatic nitrogens is 3. The second-order valence-corrected chi connectivity index (χ2v) is 5.49. The van der Waals surface area contributed by atoms with Crippen molar-refractivity contribution in [2.75, 3.05) is 0 Å². The van der Waals surface area contributed by atoms with Gasteiger partial charge in [-0.25, -0.2) is 5.10 Å². The van der Waals surface area contributed by atoms with E-state index in [1.54, 1.807) is 30.7 Å². The smallest absolute Gasteiger partial charge is 0.219 e. The lowest BCUT2D eigenvalue weighted by Gasteiger charge is -2.04. The van der Waals surface area contributed by atoms with E-state index in [1.807, 2.05) is 30.3 Å². The van der Waals surface area contributed by atoms with Crippen molar-refractivity contribution in [1.29, 1.82) is 0 Å². The Morgan fingerprint density at radius 1 is 1.17 bits per heavy atom. The summed E-state index contributed by atoms with van der Waals surface area (Å²) in [5.74, 6) is 1.15. The first-order valence-corrected chi connectivity index (χ1v) is 7.61. The first kappa shape index (κ1) is 14.4. The summed E-state index contributed by atoms with van der Waals surface area (Å²) in [7, 11) is 0. The van der Waals surface area contributed by atoms with Crippen LogP contribution >= 0.6 is 12.2 Å². The van der Waals surface area contributed by atoms with Gasteiger partial charge >= 0.3 is 0 Å². The number of rotatable bonds is 3. The van der Waals surface area contributed by atoms with Crippen molar-refractivity contribution in [3.63, 3.8) is 0 Å². The zero-order valence-corrected chi connectivity index (χ0v) is 13.2. The van der Waals surface area contributed by atoms with Gasteiger partial charge in [0.05, 0.1) is 12.5 Å². The number of fused-ring (bicyclic) bond motifs is 1. The van der Waals surface area contributed by atoms with Crippen molar-refractivity contribution in [3.05, 3.63) is 65.1 Å². The molecule has 2 heterocycles. The van der Waals surface area contributed by atoms with E-state index in [2.05, 4.69) is 15.3 Å². The summed E-state index contributed by atoms with van der Waals surface area (Å²) in [6, 6.07) is 14.8. The van der Waals surface area contributed by atoms with Crippen LogP contribution < -0.4 is 0 Å². The third-order valence-electron chi connectivity index (χ3n) is 3.64. The Labute approximate surface area is 141 Å². The molecule has 0 spiro atoms. The van der Waals surface area contributed by atoms with E-state index < -0.39 is 0 Å². The van der Waals surface area contributed by atoms with Crippen LogP contribution in [0.2, 0.25) is 0 Å². The lowest BCUT2D eigenvalue weighted by Crippen LogP contribution is -1.95. The number of hydrogen-bond acceptors (Lipinski definition) is 5. The Bertz CT molecular complexity index is 1090. The minimum absolute atomic E-state index is 0.145. The zero-order chi connectivity index (χ0) is 16.5. The van der Waals surface area contributed by atoms with Crippen molar-refractivity contribution in [2.45, 2.75) is 0 Å². The minimum Gasteiger partial charge on any atom is -0.507 e. The summed E-state index contributed by atoms with van der Waals surface area (Å²) >= 11 is 5.22. The molecule has 0 atom stereocenters. The zero-order valence-electron chi connectivity index (χ0n) is 12.4. The molecule has 6 nitrogen and oxygen atoms in total. The Balaban J connectivity index is 1.84. The van der Waals surface area contributed by atoms with Gasteiger partial charge in [0, 0.05) is 5.56 Å². The number of furan rings is 1. The summed E-state index contributed by atoms with van der Waals surface area (Å²) in [6.45, 7) is 0. The molecule has 0 amide bonds. The highest BCUT2D eigenvalue weighted by Gasteiger charge is 2.11. The molecule has 24 heavy (non-hydrogen) atoms. The van der Waals surface area contributed by atoms with Gasteiger partial charge in [0.25, 0.3) is 0 Å². The van der Waals surface area contributed by atoms with E-state index in [1.165, 1.54) is 4.68 Å². The number of phenolic OH excluding ortho intramolecular Hbond substituents is 1. The van der Waals surface area contributed by atoms with Crippen LogP contribution in [0.4, 0.5) is 0 Å². The molecule has 0 unspecified atom stereocenters. The normalized spacial score (nSPS) is 11.5. The van der Waals surface area contributed by atoms with E-state index in [0.29, 0.717) is 21.9 Å². The fourth-order valence-electron chi connectivity index (χ4n) is 2.50. The highest BCUT2D eigenvalue weighted by atomic mass is 32.1. The second-order valence-electron chi connectivity index (χ2n) is 5.11. The lowest BCUT2D eigenvalue weighted by molar-refractivity contribution is 0.475. The molecule has 0 fully saturated rings. The maximum Gasteiger partial charge on any atom is 0.219 e. The summed E-state index contributed by atoms with van der Waals surface area (Å²) in [4.78, 5) is 0. The fraction of sp³-hybridized carbons (Fsp3) is 0. The molecular weight excluding hydrogens is 324 g/mol. The molecule has 0 bridgehead atoms. The molecule has 118 valence electrons. The van der Waals surface area contributed by atoms with Gasteiger partial charge in [0.15, 0.2) is 5.76 Å². The Kier molecular flexibility index (Phi) is 3.47. The van der Waals surface area contributed by atoms with Gasteiger partial charge in [-0.2, -0.15) is 9.78 Å². The number of nitrogens with zero attached hydrogens (tertiary/aromatic N) is 3. The minimum atomic E-state index is 0.145. The van der Waals surface area contributed by atoms with Gasteiger partial charge in [-0.05, 0) is 41.2 Å². The fourth-order valence-corrected chi connectivity index (χ4v) is 2.68. The van der Waals surface area contributed by atoms with E-state index in [9.17, 15) is 5.11 Å². The molecule has 2 N–H and O–H groups in total. The Hall–Kier alpha value is -3.19. The first-order chi connectivity index (χ1) is 11.7. The average Bonchev–Trinajstić information content (AvgIpc) is 3.24. The van der Waals surface area contributed by atoms with Crippen LogP contribution in [0, 0.1) is 4.77 Å². The van der Waals surface area contributed by atoms with Crippen LogP contribution in [0.5, 0.6) is 5.75 Å². The lowest BCUT2D eigenvalue weighted by atomic mass is 10.0. The van der Waals surface area contributed by atoms with E-state index in [4.69, 9.17) is 16.6 Å². The van der Waals surface area contributed by atoms with Gasteiger partial charge in [-0.1, -0.05) is 30.3 Å². The van der Waals surface area contributed by atoms with E-state index >= 15 is 0 Å². The number of hydrogen-bond donors (Lipinski definition) is 2. The van der Waals surface area contributed by atoms with Gasteiger partial charge in [0.2, 0.25) is 10.6 Å². The second kappa shape index (κ2) is 5.78. The summed E-state index contributed by atoms with van der Waals surface area (Å²) in [6.07, 6.45) is 3.12. The summed E-state index contributed by atoms with van der Waals surface area (Å²) in [5, 5.41) is 23.3. The van der Waals surface area contributed by atoms with Gasteiger partial charge in [-0.15, -0.1) is 5.10 Å². The predicted octanol–water partition coefficient (Wildman–Crippen LogP) is 3.94. The standard InChI is InChI=1S/C17H12N4O2S/c22-14-8-7-11-4-1-2-5-12(11)13(14)10-18-21-16(19-20-17(21)24)15-6-3-9-23-15/h1-10,22H,(H,20,24)/b18-10-. The molecule has 0 radical (unpaired) electrons. The van der Waals surface area contributed by atoms with Crippen LogP contribution in [0.1, 0.15) is 5.56 Å². The highest BCUT2D eigenvalue weighted by Crippen LogP contribution is 2.26. The van der Waals surface area contributed by atoms with Gasteiger partial charge in [0.1, 0.15) is 5.75 Å². The third kappa shape index (κ3) is 2.40. The number of nitrogens with one attached hydrogen (secondary N) is 1. The molecule has 0 aliphatic heterocycles. The van der Waals surface area contributed by atoms with Crippen molar-refractivity contribution < 1.29 is 9.52 Å². The summed E-state index contributed by atoms with van der Waals surface area (Å²) in [5.41, 5.74) is 0.613. The number of aromatic amines is 1. The van der Waals surface area contributed by atoms with E-state index in [-0.39, 0.29) is 5.75 Å². The molecule has 0 saturated heterocycles. The Morgan fingerprint density at radius 3 is 2.88 bits per heavy atom. The topological polar surface area (TPSA) is 79.3 Å². The maximum absolute atomic E-state index is 10.2. The molecule has 7 heteroatoms. The molecular formula is C17H12N4O2S. The highest BCUT2D eigenvalue weighted by molar-refractivity contribution is 7.71. The van der Waals surface area contributed by atoms with Crippen LogP contribution in [0.15, 0.2) is 64.3 Å². The number of H-pyrrole nitrogens is 1. The van der Waals surface area contributed by atoms with Crippen LogP contribution in [0.25, 0.3) is 22.4 Å². The first-order valence-electron chi connectivity index (χ1n) is 7.20. The number of phenols is 1. The van der Waals surface area contributed by atoms with Crippen molar-refractivity contribution >= 4 is 29.2 Å². The van der Waals surface area contributed by atoms with Gasteiger partial charge < -0.3 is 9.52 Å².